The monoisotopic (exact) mass is 214 g/mol. The molecule has 1 heterocycles. The number of rotatable bonds is 6. The maximum Gasteiger partial charge on any atom is 0.320 e. The van der Waals surface area contributed by atoms with Gasteiger partial charge < -0.3 is 5.11 Å². The molecule has 1 aromatic rings. The van der Waals surface area contributed by atoms with Crippen molar-refractivity contribution in [1.29, 1.82) is 0 Å². The topological polar surface area (TPSA) is 62.2 Å². The normalized spacial score (nSPS) is 12.6. The van der Waals surface area contributed by atoms with Gasteiger partial charge in [0, 0.05) is 18.1 Å². The van der Waals surface area contributed by atoms with Crippen molar-refractivity contribution in [2.24, 2.45) is 0 Å². The third-order valence-electron chi connectivity index (χ3n) is 1.86. The van der Waals surface area contributed by atoms with Crippen LogP contribution in [0.3, 0.4) is 0 Å². The zero-order valence-electron chi connectivity index (χ0n) is 8.06. The number of aromatic nitrogens is 1. The van der Waals surface area contributed by atoms with Gasteiger partial charge in [-0.1, -0.05) is 13.3 Å². The summed E-state index contributed by atoms with van der Waals surface area (Å²) in [5.41, 5.74) is 0. The van der Waals surface area contributed by atoms with Gasteiger partial charge >= 0.3 is 5.97 Å². The molecule has 1 rings (SSSR count). The first-order valence-corrected chi connectivity index (χ1v) is 5.46. The zero-order valence-corrected chi connectivity index (χ0v) is 8.88. The summed E-state index contributed by atoms with van der Waals surface area (Å²) in [6, 6.07) is -0.455. The van der Waals surface area contributed by atoms with E-state index in [0.717, 1.165) is 11.4 Å². The quantitative estimate of drug-likeness (QED) is 0.753. The lowest BCUT2D eigenvalue weighted by molar-refractivity contribution is -0.139. The lowest BCUT2D eigenvalue weighted by Crippen LogP contribution is -2.35. The minimum atomic E-state index is -0.789. The van der Waals surface area contributed by atoms with E-state index in [0.29, 0.717) is 13.0 Å². The molecule has 5 heteroatoms. The zero-order chi connectivity index (χ0) is 10.4. The second-order valence-electron chi connectivity index (χ2n) is 2.99. The highest BCUT2D eigenvalue weighted by Crippen LogP contribution is 2.05. The third-order valence-corrected chi connectivity index (χ3v) is 2.64. The SMILES string of the molecule is CCCC(NCc1nccs1)C(=O)O. The Morgan fingerprint density at radius 2 is 2.57 bits per heavy atom. The number of nitrogens with zero attached hydrogens (tertiary/aromatic N) is 1. The van der Waals surface area contributed by atoms with Crippen LogP contribution in [-0.2, 0) is 11.3 Å². The second-order valence-corrected chi connectivity index (χ2v) is 3.97. The molecule has 1 unspecified atom stereocenters. The molecule has 0 aliphatic carbocycles. The van der Waals surface area contributed by atoms with Gasteiger partial charge in [-0.15, -0.1) is 11.3 Å². The molecule has 0 bridgehead atoms. The van der Waals surface area contributed by atoms with Gasteiger partial charge in [0.25, 0.3) is 0 Å². The van der Waals surface area contributed by atoms with Crippen molar-refractivity contribution < 1.29 is 9.90 Å². The fourth-order valence-corrected chi connectivity index (χ4v) is 1.72. The molecule has 0 spiro atoms. The molecule has 0 aromatic carbocycles. The first-order valence-electron chi connectivity index (χ1n) is 4.58. The lowest BCUT2D eigenvalue weighted by Gasteiger charge is -2.11. The first-order chi connectivity index (χ1) is 6.74. The maximum atomic E-state index is 10.8. The van der Waals surface area contributed by atoms with E-state index in [1.165, 1.54) is 11.3 Å². The van der Waals surface area contributed by atoms with Crippen molar-refractivity contribution in [3.63, 3.8) is 0 Å². The number of carbonyl (C=O) groups is 1. The van der Waals surface area contributed by atoms with E-state index in [2.05, 4.69) is 10.3 Å². The average Bonchev–Trinajstić information content (AvgIpc) is 2.64. The summed E-state index contributed by atoms with van der Waals surface area (Å²) in [5.74, 6) is -0.789. The number of carboxylic acid groups (broad SMARTS) is 1. The van der Waals surface area contributed by atoms with Gasteiger partial charge in [0.05, 0.1) is 0 Å². The van der Waals surface area contributed by atoms with E-state index in [9.17, 15) is 4.79 Å². The van der Waals surface area contributed by atoms with Crippen molar-refractivity contribution in [3.8, 4) is 0 Å². The molecule has 0 saturated heterocycles. The predicted molar refractivity (Wildman–Crippen MR) is 55.3 cm³/mol. The van der Waals surface area contributed by atoms with E-state index >= 15 is 0 Å². The lowest BCUT2D eigenvalue weighted by atomic mass is 10.2. The van der Waals surface area contributed by atoms with Gasteiger partial charge in [-0.2, -0.15) is 0 Å². The highest BCUT2D eigenvalue weighted by molar-refractivity contribution is 7.09. The summed E-state index contributed by atoms with van der Waals surface area (Å²) >= 11 is 1.53. The van der Waals surface area contributed by atoms with Gasteiger partial charge in [-0.3, -0.25) is 10.1 Å². The van der Waals surface area contributed by atoms with Gasteiger partial charge in [0.15, 0.2) is 0 Å². The molecular formula is C9H14N2O2S. The summed E-state index contributed by atoms with van der Waals surface area (Å²) in [4.78, 5) is 14.8. The summed E-state index contributed by atoms with van der Waals surface area (Å²) in [6.07, 6.45) is 3.24. The average molecular weight is 214 g/mol. The van der Waals surface area contributed by atoms with Crippen LogP contribution < -0.4 is 5.32 Å². The van der Waals surface area contributed by atoms with Crippen molar-refractivity contribution in [2.45, 2.75) is 32.4 Å². The minimum absolute atomic E-state index is 0.455. The van der Waals surface area contributed by atoms with Crippen LogP contribution in [0.5, 0.6) is 0 Å². The van der Waals surface area contributed by atoms with Crippen LogP contribution in [0, 0.1) is 0 Å². The van der Waals surface area contributed by atoms with Crippen LogP contribution in [0.15, 0.2) is 11.6 Å². The molecule has 78 valence electrons. The number of carboxylic acids is 1. The Morgan fingerprint density at radius 3 is 3.07 bits per heavy atom. The molecule has 0 radical (unpaired) electrons. The highest BCUT2D eigenvalue weighted by Gasteiger charge is 2.15. The Balaban J connectivity index is 2.37. The predicted octanol–water partition coefficient (Wildman–Crippen LogP) is 1.49. The summed E-state index contributed by atoms with van der Waals surface area (Å²) < 4.78 is 0. The Kier molecular flexibility index (Phi) is 4.55. The van der Waals surface area contributed by atoms with Crippen molar-refractivity contribution in [3.05, 3.63) is 16.6 Å². The van der Waals surface area contributed by atoms with Gasteiger partial charge in [0.2, 0.25) is 0 Å². The van der Waals surface area contributed by atoms with Gasteiger partial charge in [-0.05, 0) is 6.42 Å². The maximum absolute atomic E-state index is 10.8. The number of thiazole rings is 1. The molecule has 1 aromatic heterocycles. The third kappa shape index (κ3) is 3.43. The van der Waals surface area contributed by atoms with Gasteiger partial charge in [-0.25, -0.2) is 4.98 Å². The van der Waals surface area contributed by atoms with Crippen LogP contribution in [0.4, 0.5) is 0 Å². The van der Waals surface area contributed by atoms with Crippen molar-refractivity contribution in [2.75, 3.05) is 0 Å². The number of nitrogens with one attached hydrogen (secondary N) is 1. The molecular weight excluding hydrogens is 200 g/mol. The molecule has 1 atom stereocenters. The van der Waals surface area contributed by atoms with E-state index in [4.69, 9.17) is 5.11 Å². The van der Waals surface area contributed by atoms with E-state index < -0.39 is 12.0 Å². The van der Waals surface area contributed by atoms with E-state index in [1.54, 1.807) is 6.20 Å². The van der Waals surface area contributed by atoms with Crippen molar-refractivity contribution in [1.82, 2.24) is 10.3 Å². The number of aliphatic carboxylic acids is 1. The van der Waals surface area contributed by atoms with Crippen LogP contribution in [0.2, 0.25) is 0 Å². The van der Waals surface area contributed by atoms with Crippen LogP contribution in [-0.4, -0.2) is 22.1 Å². The Labute approximate surface area is 87.0 Å². The summed E-state index contributed by atoms with van der Waals surface area (Å²) in [6.45, 7) is 2.51. The Bertz CT molecular complexity index is 274. The highest BCUT2D eigenvalue weighted by atomic mass is 32.1. The number of hydrogen-bond donors (Lipinski definition) is 2. The largest absolute Gasteiger partial charge is 0.480 e. The van der Waals surface area contributed by atoms with E-state index in [-0.39, 0.29) is 0 Å². The minimum Gasteiger partial charge on any atom is -0.480 e. The number of hydrogen-bond acceptors (Lipinski definition) is 4. The standard InChI is InChI=1S/C9H14N2O2S/c1-2-3-7(9(12)13)11-6-8-10-4-5-14-8/h4-5,7,11H,2-3,6H2,1H3,(H,12,13). The summed E-state index contributed by atoms with van der Waals surface area (Å²) in [7, 11) is 0. The molecule has 14 heavy (non-hydrogen) atoms. The molecule has 0 saturated carbocycles. The fourth-order valence-electron chi connectivity index (χ4n) is 1.15. The molecule has 0 amide bonds. The smallest absolute Gasteiger partial charge is 0.320 e. The fraction of sp³-hybridized carbons (Fsp3) is 0.556. The summed E-state index contributed by atoms with van der Waals surface area (Å²) in [5, 5.41) is 14.6. The first kappa shape index (κ1) is 11.1. The van der Waals surface area contributed by atoms with Gasteiger partial charge in [0.1, 0.15) is 11.0 Å². The Hall–Kier alpha value is -0.940. The molecule has 0 aliphatic rings. The van der Waals surface area contributed by atoms with Crippen molar-refractivity contribution >= 4 is 17.3 Å². The molecule has 4 nitrogen and oxygen atoms in total. The molecule has 2 N–H and O–H groups in total. The van der Waals surface area contributed by atoms with Crippen LogP contribution >= 0.6 is 11.3 Å². The molecule has 0 aliphatic heterocycles. The van der Waals surface area contributed by atoms with Crippen LogP contribution in [0.1, 0.15) is 24.8 Å². The molecule has 0 fully saturated rings. The second kappa shape index (κ2) is 5.72. The van der Waals surface area contributed by atoms with E-state index in [1.807, 2.05) is 12.3 Å². The Morgan fingerprint density at radius 1 is 1.79 bits per heavy atom. The van der Waals surface area contributed by atoms with Crippen LogP contribution in [0.25, 0.3) is 0 Å².